The number of benzene rings is 3. The molecule has 11 heteroatoms. The number of methoxy groups -OCH3 is 1. The number of morpholine rings is 1. The van der Waals surface area contributed by atoms with E-state index < -0.39 is 47.5 Å². The second-order valence-corrected chi connectivity index (χ2v) is 12.6. The number of nitrogens with zero attached hydrogens (tertiary/aromatic N) is 2. The summed E-state index contributed by atoms with van der Waals surface area (Å²) in [6.45, 7) is 2.02. The average molecular weight is 683 g/mol. The van der Waals surface area contributed by atoms with E-state index in [1.807, 2.05) is 18.2 Å². The first-order chi connectivity index (χ1) is 24.2. The van der Waals surface area contributed by atoms with Crippen LogP contribution in [0.1, 0.15) is 53.9 Å². The Morgan fingerprint density at radius 3 is 2.22 bits per heavy atom. The first kappa shape index (κ1) is 34.7. The van der Waals surface area contributed by atoms with Gasteiger partial charge in [0.2, 0.25) is 5.91 Å². The first-order valence-electron chi connectivity index (χ1n) is 16.5. The number of aromatic nitrogens is 1. The van der Waals surface area contributed by atoms with Crippen LogP contribution in [0.25, 0.3) is 0 Å². The van der Waals surface area contributed by atoms with Crippen molar-refractivity contribution in [2.45, 2.75) is 55.9 Å². The van der Waals surface area contributed by atoms with Gasteiger partial charge < -0.3 is 20.1 Å². The lowest BCUT2D eigenvalue weighted by molar-refractivity contribution is -0.133. The van der Waals surface area contributed by atoms with Gasteiger partial charge in [-0.25, -0.2) is 18.0 Å². The predicted molar refractivity (Wildman–Crippen MR) is 181 cm³/mol. The molecule has 1 saturated carbocycles. The molecule has 1 saturated heterocycles. The normalized spacial score (nSPS) is 17.5. The van der Waals surface area contributed by atoms with E-state index in [0.29, 0.717) is 17.7 Å². The molecule has 1 aliphatic heterocycles. The van der Waals surface area contributed by atoms with E-state index in [4.69, 9.17) is 9.47 Å². The zero-order valence-electron chi connectivity index (χ0n) is 27.5. The molecule has 2 heterocycles. The van der Waals surface area contributed by atoms with E-state index in [-0.39, 0.29) is 16.9 Å². The number of pyridine rings is 1. The summed E-state index contributed by atoms with van der Waals surface area (Å²) < 4.78 is 54.7. The van der Waals surface area contributed by atoms with Crippen molar-refractivity contribution in [3.05, 3.63) is 131 Å². The Labute approximate surface area is 289 Å². The van der Waals surface area contributed by atoms with Gasteiger partial charge in [0.15, 0.2) is 5.82 Å². The van der Waals surface area contributed by atoms with Crippen LogP contribution >= 0.6 is 0 Å². The molecule has 4 aromatic rings. The molecule has 2 fully saturated rings. The number of carbonyl (C=O) groups is 2. The molecule has 0 unspecified atom stereocenters. The highest BCUT2D eigenvalue weighted by molar-refractivity contribution is 5.98. The summed E-state index contributed by atoms with van der Waals surface area (Å²) in [7, 11) is 1.14. The van der Waals surface area contributed by atoms with Crippen LogP contribution in [0.15, 0.2) is 91.3 Å². The molecule has 258 valence electrons. The fraction of sp³-hybridized carbons (Fsp3) is 0.308. The Morgan fingerprint density at radius 2 is 1.60 bits per heavy atom. The van der Waals surface area contributed by atoms with Crippen LogP contribution in [-0.4, -0.2) is 59.8 Å². The number of anilines is 1. The Kier molecular flexibility index (Phi) is 10.8. The average Bonchev–Trinajstić information content (AvgIpc) is 3.56. The standard InChI is InChI=1S/C39H37F3N4O4/c1-49-38(48)45-36(35(27-9-13-29(40)14-10-27)28-11-15-30(41)16-12-28)37(47)44-34-22-43-21-33(42)32(34)18-17-31-24-46(23-26-7-3-2-4-8-26)25-39(50-31)19-5-6-20-39/h2-4,7-16,21-22,31,35-36H,5-6,19-20,23-25H2,1H3,(H,44,47)(H,45,48)/t31-,36+/m1/s1. The van der Waals surface area contributed by atoms with E-state index in [2.05, 4.69) is 44.5 Å². The van der Waals surface area contributed by atoms with Gasteiger partial charge in [0.1, 0.15) is 23.8 Å². The number of hydrogen-bond acceptors (Lipinski definition) is 6. The van der Waals surface area contributed by atoms with Gasteiger partial charge in [0, 0.05) is 25.6 Å². The van der Waals surface area contributed by atoms with E-state index in [1.54, 1.807) is 0 Å². The molecule has 1 aliphatic carbocycles. The van der Waals surface area contributed by atoms with Crippen molar-refractivity contribution >= 4 is 17.7 Å². The Balaban J connectivity index is 1.30. The Morgan fingerprint density at radius 1 is 0.960 bits per heavy atom. The lowest BCUT2D eigenvalue weighted by atomic mass is 9.84. The number of nitrogens with one attached hydrogen (secondary N) is 2. The lowest BCUT2D eigenvalue weighted by Gasteiger charge is -2.43. The highest BCUT2D eigenvalue weighted by Crippen LogP contribution is 2.38. The van der Waals surface area contributed by atoms with Crippen molar-refractivity contribution in [2.75, 3.05) is 25.5 Å². The second kappa shape index (κ2) is 15.6. The predicted octanol–water partition coefficient (Wildman–Crippen LogP) is 6.56. The van der Waals surface area contributed by atoms with Crippen molar-refractivity contribution in [3.63, 3.8) is 0 Å². The van der Waals surface area contributed by atoms with Crippen LogP contribution in [0.2, 0.25) is 0 Å². The molecule has 0 bridgehead atoms. The summed E-state index contributed by atoms with van der Waals surface area (Å²) in [4.78, 5) is 32.9. The molecule has 2 atom stereocenters. The third-order valence-electron chi connectivity index (χ3n) is 9.14. The molecule has 0 radical (unpaired) electrons. The maximum absolute atomic E-state index is 15.4. The number of rotatable bonds is 8. The van der Waals surface area contributed by atoms with Crippen LogP contribution in [0.4, 0.5) is 23.7 Å². The summed E-state index contributed by atoms with van der Waals surface area (Å²) >= 11 is 0. The van der Waals surface area contributed by atoms with Gasteiger partial charge in [-0.3, -0.25) is 14.7 Å². The van der Waals surface area contributed by atoms with Crippen LogP contribution in [0, 0.1) is 29.3 Å². The minimum atomic E-state index is -1.38. The van der Waals surface area contributed by atoms with Crippen molar-refractivity contribution in [1.29, 1.82) is 0 Å². The number of ether oxygens (including phenoxy) is 2. The smallest absolute Gasteiger partial charge is 0.407 e. The first-order valence-corrected chi connectivity index (χ1v) is 16.5. The third kappa shape index (κ3) is 8.33. The topological polar surface area (TPSA) is 92.8 Å². The highest BCUT2D eigenvalue weighted by atomic mass is 19.1. The highest BCUT2D eigenvalue weighted by Gasteiger charge is 2.42. The van der Waals surface area contributed by atoms with E-state index >= 15 is 4.39 Å². The summed E-state index contributed by atoms with van der Waals surface area (Å²) in [5, 5.41) is 5.23. The Hall–Kier alpha value is -5.18. The number of alkyl carbamates (subject to hydrolysis) is 1. The zero-order chi connectivity index (χ0) is 35.1. The van der Waals surface area contributed by atoms with Crippen LogP contribution in [0.5, 0.6) is 0 Å². The maximum Gasteiger partial charge on any atom is 0.407 e. The van der Waals surface area contributed by atoms with Crippen LogP contribution in [-0.2, 0) is 20.8 Å². The third-order valence-corrected chi connectivity index (χ3v) is 9.14. The van der Waals surface area contributed by atoms with Gasteiger partial charge in [-0.2, -0.15) is 0 Å². The van der Waals surface area contributed by atoms with Gasteiger partial charge in [0.25, 0.3) is 0 Å². The van der Waals surface area contributed by atoms with Crippen molar-refractivity contribution < 1.29 is 32.2 Å². The molecule has 2 amide bonds. The van der Waals surface area contributed by atoms with Crippen LogP contribution in [0.3, 0.4) is 0 Å². The second-order valence-electron chi connectivity index (χ2n) is 12.6. The molecular weight excluding hydrogens is 645 g/mol. The molecule has 6 rings (SSSR count). The summed E-state index contributed by atoms with van der Waals surface area (Å²) in [6, 6.07) is 19.5. The fourth-order valence-corrected chi connectivity index (χ4v) is 6.84. The summed E-state index contributed by atoms with van der Waals surface area (Å²) in [5.41, 5.74) is 1.61. The van der Waals surface area contributed by atoms with Gasteiger partial charge >= 0.3 is 6.09 Å². The van der Waals surface area contributed by atoms with Crippen LogP contribution < -0.4 is 10.6 Å². The van der Waals surface area contributed by atoms with Gasteiger partial charge in [0.05, 0.1) is 36.4 Å². The van der Waals surface area contributed by atoms with Gasteiger partial charge in [-0.1, -0.05) is 79.3 Å². The van der Waals surface area contributed by atoms with Crippen molar-refractivity contribution in [2.24, 2.45) is 0 Å². The zero-order valence-corrected chi connectivity index (χ0v) is 27.5. The quantitative estimate of drug-likeness (QED) is 0.205. The van der Waals surface area contributed by atoms with E-state index in [9.17, 15) is 18.4 Å². The monoisotopic (exact) mass is 682 g/mol. The van der Waals surface area contributed by atoms with Crippen molar-refractivity contribution in [1.82, 2.24) is 15.2 Å². The molecule has 3 aromatic carbocycles. The molecule has 2 aliphatic rings. The molecule has 2 N–H and O–H groups in total. The minimum absolute atomic E-state index is 0.0244. The Bertz CT molecular complexity index is 1810. The van der Waals surface area contributed by atoms with E-state index in [1.165, 1.54) is 60.3 Å². The number of carbonyl (C=O) groups excluding carboxylic acids is 2. The largest absolute Gasteiger partial charge is 0.453 e. The number of hydrogen-bond donors (Lipinski definition) is 2. The summed E-state index contributed by atoms with van der Waals surface area (Å²) in [5.74, 6) is 2.57. The minimum Gasteiger partial charge on any atom is -0.453 e. The SMILES string of the molecule is COC(=O)N[C@H](C(=O)Nc1cncc(F)c1C#C[C@@H]1CN(Cc2ccccc2)CC2(CCCC2)O1)C(c1ccc(F)cc1)c1ccc(F)cc1. The molecule has 1 spiro atoms. The maximum atomic E-state index is 15.4. The molecular formula is C39H37F3N4O4. The van der Waals surface area contributed by atoms with Gasteiger partial charge in [-0.15, -0.1) is 0 Å². The lowest BCUT2D eigenvalue weighted by Crippen LogP contribution is -2.53. The summed E-state index contributed by atoms with van der Waals surface area (Å²) in [6.07, 6.45) is 4.79. The van der Waals surface area contributed by atoms with Gasteiger partial charge in [-0.05, 0) is 53.8 Å². The van der Waals surface area contributed by atoms with E-state index in [0.717, 1.165) is 52.1 Å². The molecule has 50 heavy (non-hydrogen) atoms. The number of halogens is 3. The molecule has 1 aromatic heterocycles. The fourth-order valence-electron chi connectivity index (χ4n) is 6.84. The van der Waals surface area contributed by atoms with Crippen molar-refractivity contribution in [3.8, 4) is 11.8 Å². The molecule has 8 nitrogen and oxygen atoms in total. The number of amides is 2.